The van der Waals surface area contributed by atoms with Crippen LogP contribution in [-0.4, -0.2) is 47.6 Å². The minimum Gasteiger partial charge on any atom is -0.464 e. The fourth-order valence-electron chi connectivity index (χ4n) is 4.66. The van der Waals surface area contributed by atoms with Crippen molar-refractivity contribution < 1.29 is 9.53 Å². The fourth-order valence-corrected chi connectivity index (χ4v) is 5.10. The number of esters is 1. The number of hydrogen-bond donors (Lipinski definition) is 0. The maximum Gasteiger partial charge on any atom is 0.356 e. The molecular weight excluding hydrogens is 418 g/mol. The molecule has 5 nitrogen and oxygen atoms in total. The minimum atomic E-state index is -0.372. The summed E-state index contributed by atoms with van der Waals surface area (Å²) in [5.41, 5.74) is 4.67. The molecule has 0 saturated carbocycles. The number of hydrazone groups is 1. The summed E-state index contributed by atoms with van der Waals surface area (Å²) < 4.78 is 4.92. The first-order valence-corrected chi connectivity index (χ1v) is 12.5. The molecule has 4 rings (SSSR count). The van der Waals surface area contributed by atoms with Crippen molar-refractivity contribution in [2.75, 3.05) is 19.1 Å². The van der Waals surface area contributed by atoms with Crippen LogP contribution in [0.4, 0.5) is 0 Å². The zero-order chi connectivity index (χ0) is 22.7. The van der Waals surface area contributed by atoms with Crippen molar-refractivity contribution in [2.45, 2.75) is 39.2 Å². The lowest BCUT2D eigenvalue weighted by Crippen LogP contribution is -2.43. The average molecular weight is 450 g/mol. The molecule has 3 aliphatic heterocycles. The van der Waals surface area contributed by atoms with Crippen molar-refractivity contribution in [1.29, 1.82) is 0 Å². The first kappa shape index (κ1) is 22.6. The third kappa shape index (κ3) is 4.33. The molecule has 1 aromatic carbocycles. The number of rotatable bonds is 7. The van der Waals surface area contributed by atoms with E-state index in [9.17, 15) is 4.79 Å². The van der Waals surface area contributed by atoms with E-state index in [-0.39, 0.29) is 23.3 Å². The van der Waals surface area contributed by atoms with Gasteiger partial charge in [0.1, 0.15) is 5.70 Å². The Balaban J connectivity index is 1.70. The Hall–Kier alpha value is -2.60. The highest BCUT2D eigenvalue weighted by molar-refractivity contribution is 7.98. The molecule has 0 N–H and O–H groups in total. The molecule has 3 unspecified atom stereocenters. The molecule has 0 aromatic heterocycles. The summed E-state index contributed by atoms with van der Waals surface area (Å²) in [5, 5.41) is 7.24. The van der Waals surface area contributed by atoms with Gasteiger partial charge in [-0.1, -0.05) is 62.4 Å². The topological polar surface area (TPSA) is 54.3 Å². The van der Waals surface area contributed by atoms with Crippen LogP contribution in [0.5, 0.6) is 0 Å². The number of benzene rings is 1. The lowest BCUT2D eigenvalue weighted by Gasteiger charge is -2.36. The van der Waals surface area contributed by atoms with E-state index in [2.05, 4.69) is 67.7 Å². The summed E-state index contributed by atoms with van der Waals surface area (Å²) in [6, 6.07) is 10.5. The summed E-state index contributed by atoms with van der Waals surface area (Å²) >= 11 is 1.86. The second-order valence-corrected chi connectivity index (χ2v) is 9.85. The van der Waals surface area contributed by atoms with Gasteiger partial charge in [-0.15, -0.1) is 0 Å². The van der Waals surface area contributed by atoms with Crippen molar-refractivity contribution in [3.05, 3.63) is 71.6 Å². The van der Waals surface area contributed by atoms with Gasteiger partial charge in [-0.05, 0) is 48.3 Å². The molecular formula is C26H31N3O2S. The second-order valence-electron chi connectivity index (χ2n) is 8.86. The van der Waals surface area contributed by atoms with Crippen molar-refractivity contribution in [3.63, 3.8) is 0 Å². The number of allylic oxidation sites excluding steroid dienone is 3. The maximum absolute atomic E-state index is 12.1. The van der Waals surface area contributed by atoms with Crippen LogP contribution in [0, 0.1) is 11.3 Å². The van der Waals surface area contributed by atoms with E-state index >= 15 is 0 Å². The summed E-state index contributed by atoms with van der Waals surface area (Å²) in [7, 11) is 1.40. The quantitative estimate of drug-likeness (QED) is 0.536. The van der Waals surface area contributed by atoms with Crippen molar-refractivity contribution in [1.82, 2.24) is 5.01 Å². The van der Waals surface area contributed by atoms with E-state index in [4.69, 9.17) is 14.8 Å². The molecule has 32 heavy (non-hydrogen) atoms. The van der Waals surface area contributed by atoms with E-state index < -0.39 is 0 Å². The number of hydrogen-bond acceptors (Lipinski definition) is 6. The predicted octanol–water partition coefficient (Wildman–Crippen LogP) is 5.22. The SMILES string of the molecule is COC(=O)C1=CCC(C)C(CC2(C)C(c3ccccc3)=NN3C=C(CCSC)C=CC32)=N1. The third-order valence-electron chi connectivity index (χ3n) is 6.57. The molecule has 0 spiro atoms. The molecule has 0 amide bonds. The van der Waals surface area contributed by atoms with Gasteiger partial charge in [0.05, 0.1) is 18.9 Å². The summed E-state index contributed by atoms with van der Waals surface area (Å²) in [4.78, 5) is 16.9. The first-order chi connectivity index (χ1) is 15.5. The van der Waals surface area contributed by atoms with Crippen LogP contribution in [0.1, 0.15) is 38.7 Å². The molecule has 3 atom stereocenters. The van der Waals surface area contributed by atoms with E-state index in [0.717, 1.165) is 42.0 Å². The normalized spacial score (nSPS) is 26.7. The van der Waals surface area contributed by atoms with Crippen LogP contribution in [-0.2, 0) is 9.53 Å². The number of ether oxygens (including phenoxy) is 1. The van der Waals surface area contributed by atoms with Gasteiger partial charge in [0, 0.05) is 17.3 Å². The second kappa shape index (κ2) is 9.49. The van der Waals surface area contributed by atoms with Crippen LogP contribution in [0.3, 0.4) is 0 Å². The smallest absolute Gasteiger partial charge is 0.356 e. The zero-order valence-electron chi connectivity index (χ0n) is 19.2. The standard InChI is InChI=1S/C26H31N3O2S/c1-18-10-12-21(25(30)31-3)27-22(18)16-26(2)23-13-11-19(14-15-32-4)17-29(23)28-24(26)20-8-6-5-7-9-20/h5-9,11-13,17-18,23H,10,14-16H2,1-4H3. The Labute approximate surface area is 195 Å². The number of nitrogens with zero attached hydrogens (tertiary/aromatic N) is 3. The molecule has 0 fully saturated rings. The number of aliphatic imine (C=N–C) groups is 1. The largest absolute Gasteiger partial charge is 0.464 e. The molecule has 0 saturated heterocycles. The van der Waals surface area contributed by atoms with Gasteiger partial charge in [0.2, 0.25) is 0 Å². The molecule has 1 aromatic rings. The number of carbonyl (C=O) groups is 1. The van der Waals surface area contributed by atoms with Crippen LogP contribution in [0.25, 0.3) is 0 Å². The van der Waals surface area contributed by atoms with E-state index in [0.29, 0.717) is 5.70 Å². The van der Waals surface area contributed by atoms with Gasteiger partial charge in [-0.25, -0.2) is 4.79 Å². The number of carbonyl (C=O) groups excluding carboxylic acids is 1. The molecule has 0 aliphatic carbocycles. The first-order valence-electron chi connectivity index (χ1n) is 11.1. The summed E-state index contributed by atoms with van der Waals surface area (Å²) in [6.45, 7) is 4.45. The van der Waals surface area contributed by atoms with Gasteiger partial charge in [-0.2, -0.15) is 16.9 Å². The van der Waals surface area contributed by atoms with Crippen molar-refractivity contribution in [3.8, 4) is 0 Å². The number of methoxy groups -OCH3 is 1. The molecule has 168 valence electrons. The molecule has 0 bridgehead atoms. The number of thioether (sulfide) groups is 1. The van der Waals surface area contributed by atoms with Crippen LogP contribution in [0.2, 0.25) is 0 Å². The maximum atomic E-state index is 12.1. The predicted molar refractivity (Wildman–Crippen MR) is 133 cm³/mol. The van der Waals surface area contributed by atoms with Gasteiger partial charge in [0.25, 0.3) is 0 Å². The van der Waals surface area contributed by atoms with Gasteiger partial charge < -0.3 is 4.74 Å². The van der Waals surface area contributed by atoms with E-state index in [1.807, 2.05) is 23.9 Å². The summed E-state index contributed by atoms with van der Waals surface area (Å²) in [6.07, 6.45) is 13.3. The Kier molecular flexibility index (Phi) is 6.70. The van der Waals surface area contributed by atoms with Crippen molar-refractivity contribution >= 4 is 29.2 Å². The Morgan fingerprint density at radius 2 is 2.09 bits per heavy atom. The van der Waals surface area contributed by atoms with Crippen molar-refractivity contribution in [2.24, 2.45) is 21.4 Å². The highest BCUT2D eigenvalue weighted by Crippen LogP contribution is 2.44. The number of fused-ring (bicyclic) bond motifs is 1. The third-order valence-corrected chi connectivity index (χ3v) is 7.18. The molecule has 0 radical (unpaired) electrons. The minimum absolute atomic E-state index is 0.109. The van der Waals surface area contributed by atoms with E-state index in [1.54, 1.807) is 0 Å². The van der Waals surface area contributed by atoms with E-state index in [1.165, 1.54) is 12.7 Å². The highest BCUT2D eigenvalue weighted by Gasteiger charge is 2.48. The Morgan fingerprint density at radius 3 is 2.81 bits per heavy atom. The van der Waals surface area contributed by atoms with Gasteiger partial charge in [0.15, 0.2) is 0 Å². The Bertz CT molecular complexity index is 1020. The molecule has 3 heterocycles. The molecule has 3 aliphatic rings. The zero-order valence-corrected chi connectivity index (χ0v) is 20.1. The van der Waals surface area contributed by atoms with Crippen LogP contribution >= 0.6 is 11.8 Å². The van der Waals surface area contributed by atoms with Gasteiger partial charge in [-0.3, -0.25) is 10.0 Å². The lowest BCUT2D eigenvalue weighted by atomic mass is 9.70. The monoisotopic (exact) mass is 449 g/mol. The summed E-state index contributed by atoms with van der Waals surface area (Å²) in [5.74, 6) is 0.994. The lowest BCUT2D eigenvalue weighted by molar-refractivity contribution is -0.136. The average Bonchev–Trinajstić information content (AvgIpc) is 3.10. The van der Waals surface area contributed by atoms with Crippen LogP contribution in [0.15, 0.2) is 76.1 Å². The highest BCUT2D eigenvalue weighted by atomic mass is 32.2. The Morgan fingerprint density at radius 1 is 1.31 bits per heavy atom. The van der Waals surface area contributed by atoms with Crippen LogP contribution < -0.4 is 0 Å². The molecule has 6 heteroatoms. The fraction of sp³-hybridized carbons (Fsp3) is 0.423. The van der Waals surface area contributed by atoms with Gasteiger partial charge >= 0.3 is 5.97 Å².